The zero-order valence-corrected chi connectivity index (χ0v) is 10.8. The first kappa shape index (κ1) is 15.3. The van der Waals surface area contributed by atoms with Gasteiger partial charge in [-0.25, -0.2) is 8.78 Å². The van der Waals surface area contributed by atoms with Crippen molar-refractivity contribution in [1.82, 2.24) is 15.5 Å². The molecule has 1 aliphatic rings. The van der Waals surface area contributed by atoms with Gasteiger partial charge in [0, 0.05) is 26.2 Å². The van der Waals surface area contributed by atoms with Gasteiger partial charge >= 0.3 is 0 Å². The van der Waals surface area contributed by atoms with Crippen LogP contribution in [0.1, 0.15) is 13.8 Å². The average molecular weight is 265 g/mol. The molecule has 1 heterocycles. The number of amides is 1. The summed E-state index contributed by atoms with van der Waals surface area (Å²) in [4.78, 5) is 13.9. The third-order valence-electron chi connectivity index (χ3n) is 3.20. The zero-order valence-electron chi connectivity index (χ0n) is 10.8. The van der Waals surface area contributed by atoms with Gasteiger partial charge in [-0.15, -0.1) is 0 Å². The van der Waals surface area contributed by atoms with E-state index in [1.807, 2.05) is 4.90 Å². The van der Waals surface area contributed by atoms with Gasteiger partial charge in [0.25, 0.3) is 5.92 Å². The molecule has 106 valence electrons. The van der Waals surface area contributed by atoms with E-state index in [1.165, 1.54) is 0 Å². The highest BCUT2D eigenvalue weighted by atomic mass is 19.3. The number of aliphatic hydroxyl groups excluding tert-OH is 1. The number of carbonyl (C=O) groups excluding carboxylic acids is 1. The minimum Gasteiger partial charge on any atom is -0.390 e. The molecule has 0 unspecified atom stereocenters. The van der Waals surface area contributed by atoms with E-state index in [1.54, 1.807) is 13.8 Å². The quantitative estimate of drug-likeness (QED) is 0.622. The van der Waals surface area contributed by atoms with Crippen LogP contribution < -0.4 is 10.6 Å². The Labute approximate surface area is 106 Å². The fourth-order valence-electron chi connectivity index (χ4n) is 1.85. The highest BCUT2D eigenvalue weighted by molar-refractivity contribution is 5.85. The summed E-state index contributed by atoms with van der Waals surface area (Å²) in [6.07, 6.45) is 0. The monoisotopic (exact) mass is 265 g/mol. The molecule has 0 atom stereocenters. The molecule has 0 aliphatic carbocycles. The van der Waals surface area contributed by atoms with Crippen molar-refractivity contribution in [3.8, 4) is 0 Å². The summed E-state index contributed by atoms with van der Waals surface area (Å²) >= 11 is 0. The first-order valence-electron chi connectivity index (χ1n) is 6.02. The molecule has 1 saturated heterocycles. The van der Waals surface area contributed by atoms with Gasteiger partial charge in [0.1, 0.15) is 6.61 Å². The number of halogens is 2. The summed E-state index contributed by atoms with van der Waals surface area (Å²) in [5.41, 5.74) is -0.826. The van der Waals surface area contributed by atoms with Crippen LogP contribution in [0.5, 0.6) is 0 Å². The molecule has 1 fully saturated rings. The molecule has 0 aromatic heterocycles. The minimum absolute atomic E-state index is 0.447. The molecule has 1 amide bonds. The lowest BCUT2D eigenvalue weighted by Crippen LogP contribution is -2.60. The highest BCUT2D eigenvalue weighted by Crippen LogP contribution is 2.16. The largest absolute Gasteiger partial charge is 0.390 e. The second kappa shape index (κ2) is 5.90. The van der Waals surface area contributed by atoms with Gasteiger partial charge in [-0.2, -0.15) is 0 Å². The SMILES string of the molecule is CC(C)(C(=O)NCC(F)(F)CO)N1CCNCC1. The van der Waals surface area contributed by atoms with Crippen LogP contribution in [0.3, 0.4) is 0 Å². The summed E-state index contributed by atoms with van der Waals surface area (Å²) in [6, 6.07) is 0. The first-order chi connectivity index (χ1) is 8.29. The molecule has 0 aromatic rings. The fourth-order valence-corrected chi connectivity index (χ4v) is 1.85. The minimum atomic E-state index is -3.27. The van der Waals surface area contributed by atoms with Crippen LogP contribution in [0.2, 0.25) is 0 Å². The second-order valence-electron chi connectivity index (χ2n) is 4.99. The van der Waals surface area contributed by atoms with Crippen molar-refractivity contribution in [2.24, 2.45) is 0 Å². The number of carbonyl (C=O) groups is 1. The van der Waals surface area contributed by atoms with Gasteiger partial charge in [0.05, 0.1) is 12.1 Å². The molecule has 3 N–H and O–H groups in total. The summed E-state index contributed by atoms with van der Waals surface area (Å²) in [7, 11) is 0. The standard InChI is InChI=1S/C11H21F2N3O2/c1-10(2,16-5-3-14-4-6-16)9(18)15-7-11(12,13)8-17/h14,17H,3-8H2,1-2H3,(H,15,18). The van der Waals surface area contributed by atoms with E-state index in [4.69, 9.17) is 5.11 Å². The van der Waals surface area contributed by atoms with E-state index < -0.39 is 30.5 Å². The average Bonchev–Trinajstić information content (AvgIpc) is 2.37. The van der Waals surface area contributed by atoms with E-state index in [0.29, 0.717) is 13.1 Å². The van der Waals surface area contributed by atoms with Gasteiger partial charge in [-0.3, -0.25) is 9.69 Å². The van der Waals surface area contributed by atoms with Crippen molar-refractivity contribution in [2.75, 3.05) is 39.3 Å². The number of aliphatic hydroxyl groups is 1. The third-order valence-corrected chi connectivity index (χ3v) is 3.20. The topological polar surface area (TPSA) is 64.6 Å². The molecule has 0 spiro atoms. The normalized spacial score (nSPS) is 18.7. The number of nitrogens with one attached hydrogen (secondary N) is 2. The molecule has 0 saturated carbocycles. The van der Waals surface area contributed by atoms with Crippen molar-refractivity contribution in [1.29, 1.82) is 0 Å². The van der Waals surface area contributed by atoms with E-state index in [2.05, 4.69) is 10.6 Å². The van der Waals surface area contributed by atoms with Gasteiger partial charge < -0.3 is 15.7 Å². The fraction of sp³-hybridized carbons (Fsp3) is 0.909. The number of alkyl halides is 2. The van der Waals surface area contributed by atoms with Crippen molar-refractivity contribution in [3.63, 3.8) is 0 Å². The van der Waals surface area contributed by atoms with Crippen molar-refractivity contribution in [2.45, 2.75) is 25.3 Å². The van der Waals surface area contributed by atoms with Crippen LogP contribution >= 0.6 is 0 Å². The number of nitrogens with zero attached hydrogens (tertiary/aromatic N) is 1. The Morgan fingerprint density at radius 1 is 1.39 bits per heavy atom. The van der Waals surface area contributed by atoms with Crippen molar-refractivity contribution in [3.05, 3.63) is 0 Å². The summed E-state index contributed by atoms with van der Waals surface area (Å²) in [5.74, 6) is -3.72. The summed E-state index contributed by atoms with van der Waals surface area (Å²) in [5, 5.41) is 13.8. The number of hydrogen-bond donors (Lipinski definition) is 3. The Kier molecular flexibility index (Phi) is 5.01. The predicted octanol–water partition coefficient (Wildman–Crippen LogP) is -0.586. The Morgan fingerprint density at radius 2 is 1.94 bits per heavy atom. The third kappa shape index (κ3) is 3.86. The van der Waals surface area contributed by atoms with Crippen molar-refractivity contribution >= 4 is 5.91 Å². The van der Waals surface area contributed by atoms with Crippen LogP contribution in [0.4, 0.5) is 8.78 Å². The summed E-state index contributed by atoms with van der Waals surface area (Å²) in [6.45, 7) is 4.30. The molecule has 0 bridgehead atoms. The van der Waals surface area contributed by atoms with Gasteiger partial charge in [0.2, 0.25) is 5.91 Å². The Morgan fingerprint density at radius 3 is 2.44 bits per heavy atom. The Hall–Kier alpha value is -0.790. The van der Waals surface area contributed by atoms with Crippen molar-refractivity contribution < 1.29 is 18.7 Å². The van der Waals surface area contributed by atoms with Crippen LogP contribution in [0.25, 0.3) is 0 Å². The molecule has 0 aromatic carbocycles. The van der Waals surface area contributed by atoms with E-state index in [9.17, 15) is 13.6 Å². The van der Waals surface area contributed by atoms with Crippen LogP contribution in [0.15, 0.2) is 0 Å². The maximum Gasteiger partial charge on any atom is 0.287 e. The lowest BCUT2D eigenvalue weighted by Gasteiger charge is -2.40. The van der Waals surface area contributed by atoms with Gasteiger partial charge in [0.15, 0.2) is 0 Å². The lowest BCUT2D eigenvalue weighted by molar-refractivity contribution is -0.134. The number of piperazine rings is 1. The molecular formula is C11H21F2N3O2. The molecule has 5 nitrogen and oxygen atoms in total. The van der Waals surface area contributed by atoms with Crippen LogP contribution in [-0.4, -0.2) is 66.7 Å². The smallest absolute Gasteiger partial charge is 0.287 e. The maximum absolute atomic E-state index is 12.9. The van der Waals surface area contributed by atoms with Gasteiger partial charge in [-0.05, 0) is 13.8 Å². The molecule has 1 aliphatic heterocycles. The summed E-state index contributed by atoms with van der Waals surface area (Å²) < 4.78 is 25.7. The maximum atomic E-state index is 12.9. The Bertz CT molecular complexity index is 292. The second-order valence-corrected chi connectivity index (χ2v) is 4.99. The first-order valence-corrected chi connectivity index (χ1v) is 6.02. The Balaban J connectivity index is 2.53. The lowest BCUT2D eigenvalue weighted by atomic mass is 10.0. The van der Waals surface area contributed by atoms with E-state index in [-0.39, 0.29) is 0 Å². The molecule has 7 heteroatoms. The van der Waals surface area contributed by atoms with Crippen LogP contribution in [-0.2, 0) is 4.79 Å². The molecule has 1 rings (SSSR count). The molecule has 0 radical (unpaired) electrons. The highest BCUT2D eigenvalue weighted by Gasteiger charge is 2.37. The number of hydrogen-bond acceptors (Lipinski definition) is 4. The molecule has 18 heavy (non-hydrogen) atoms. The number of rotatable bonds is 5. The van der Waals surface area contributed by atoms with Crippen LogP contribution in [0, 0.1) is 0 Å². The van der Waals surface area contributed by atoms with Gasteiger partial charge in [-0.1, -0.05) is 0 Å². The zero-order chi connectivity index (χ0) is 13.8. The molecular weight excluding hydrogens is 244 g/mol. The van der Waals surface area contributed by atoms with E-state index in [0.717, 1.165) is 13.1 Å². The predicted molar refractivity (Wildman–Crippen MR) is 63.6 cm³/mol. The van der Waals surface area contributed by atoms with E-state index >= 15 is 0 Å².